The van der Waals surface area contributed by atoms with E-state index in [1.54, 1.807) is 6.07 Å². The first-order valence-corrected chi connectivity index (χ1v) is 8.39. The Morgan fingerprint density at radius 1 is 1.48 bits per heavy atom. The lowest BCUT2D eigenvalue weighted by Gasteiger charge is -2.22. The fourth-order valence-corrected chi connectivity index (χ4v) is 4.32. The molecular weight excluding hydrogens is 286 g/mol. The minimum atomic E-state index is -0.0637. The number of fused-ring (bicyclic) bond motifs is 2. The van der Waals surface area contributed by atoms with Gasteiger partial charge in [-0.05, 0) is 31.8 Å². The highest BCUT2D eigenvalue weighted by Gasteiger charge is 2.37. The van der Waals surface area contributed by atoms with Crippen molar-refractivity contribution < 1.29 is 0 Å². The number of rotatable bonds is 3. The molecule has 0 amide bonds. The first kappa shape index (κ1) is 13.4. The second-order valence-corrected chi connectivity index (χ2v) is 6.91. The van der Waals surface area contributed by atoms with E-state index in [4.69, 9.17) is 0 Å². The van der Waals surface area contributed by atoms with Crippen LogP contribution in [0.1, 0.15) is 24.0 Å². The van der Waals surface area contributed by atoms with Crippen molar-refractivity contribution >= 4 is 16.3 Å². The molecule has 21 heavy (non-hydrogen) atoms. The number of aryl methyl sites for hydroxylation is 1. The summed E-state index contributed by atoms with van der Waals surface area (Å²) in [4.78, 5) is 20.0. The number of nitrogens with zero attached hydrogens (tertiary/aromatic N) is 4. The zero-order valence-corrected chi connectivity index (χ0v) is 12.9. The quantitative estimate of drug-likeness (QED) is 0.895. The zero-order valence-electron chi connectivity index (χ0n) is 12.1. The summed E-state index contributed by atoms with van der Waals surface area (Å²) < 4.78 is 1.43. The zero-order chi connectivity index (χ0) is 14.4. The molecule has 0 aliphatic carbocycles. The lowest BCUT2D eigenvalue weighted by Crippen LogP contribution is -2.34. The average Bonchev–Trinajstić information content (AvgIpc) is 3.15. The van der Waals surface area contributed by atoms with Gasteiger partial charge in [-0.25, -0.2) is 4.98 Å². The van der Waals surface area contributed by atoms with Gasteiger partial charge in [0.15, 0.2) is 0 Å². The van der Waals surface area contributed by atoms with E-state index in [1.165, 1.54) is 22.3 Å². The summed E-state index contributed by atoms with van der Waals surface area (Å²) in [5.74, 6) is 0.768. The third-order valence-electron chi connectivity index (χ3n) is 4.57. The van der Waals surface area contributed by atoms with E-state index in [0.29, 0.717) is 6.04 Å². The number of hydrogen-bond acceptors (Lipinski definition) is 6. The molecule has 0 aromatic carbocycles. The van der Waals surface area contributed by atoms with E-state index >= 15 is 0 Å². The van der Waals surface area contributed by atoms with Crippen LogP contribution in [0.4, 0.5) is 0 Å². The van der Waals surface area contributed by atoms with Gasteiger partial charge in [0.2, 0.25) is 4.96 Å². The van der Waals surface area contributed by atoms with E-state index in [2.05, 4.69) is 20.3 Å². The van der Waals surface area contributed by atoms with E-state index in [1.807, 2.05) is 6.92 Å². The number of nitrogens with one attached hydrogen (secondary N) is 1. The molecular formula is C14H19N5OS. The van der Waals surface area contributed by atoms with Crippen LogP contribution in [0.2, 0.25) is 0 Å². The molecule has 7 heteroatoms. The maximum Gasteiger partial charge on any atom is 0.275 e. The molecule has 2 unspecified atom stereocenters. The summed E-state index contributed by atoms with van der Waals surface area (Å²) in [7, 11) is 0. The van der Waals surface area contributed by atoms with Crippen LogP contribution in [-0.2, 0) is 13.0 Å². The van der Waals surface area contributed by atoms with Gasteiger partial charge < -0.3 is 5.32 Å². The molecule has 2 saturated heterocycles. The van der Waals surface area contributed by atoms with Gasteiger partial charge in [-0.15, -0.1) is 0 Å². The fourth-order valence-electron chi connectivity index (χ4n) is 3.46. The predicted octanol–water partition coefficient (Wildman–Crippen LogP) is 0.507. The molecule has 2 aromatic rings. The van der Waals surface area contributed by atoms with Gasteiger partial charge in [-0.3, -0.25) is 9.69 Å². The van der Waals surface area contributed by atoms with Crippen molar-refractivity contribution in [3.63, 3.8) is 0 Å². The molecule has 4 heterocycles. The van der Waals surface area contributed by atoms with Gasteiger partial charge in [0.25, 0.3) is 5.56 Å². The molecule has 1 N–H and O–H groups in total. The highest BCUT2D eigenvalue weighted by atomic mass is 32.1. The van der Waals surface area contributed by atoms with Crippen LogP contribution in [0.5, 0.6) is 0 Å². The summed E-state index contributed by atoms with van der Waals surface area (Å²) in [5.41, 5.74) is 0.810. The molecule has 2 atom stereocenters. The summed E-state index contributed by atoms with van der Waals surface area (Å²) in [6, 6.07) is 2.25. The Morgan fingerprint density at radius 3 is 3.24 bits per heavy atom. The van der Waals surface area contributed by atoms with Crippen molar-refractivity contribution in [1.82, 2.24) is 24.8 Å². The number of aromatic nitrogens is 3. The van der Waals surface area contributed by atoms with E-state index in [0.717, 1.165) is 54.2 Å². The lowest BCUT2D eigenvalue weighted by molar-refractivity contribution is 0.241. The molecule has 6 nitrogen and oxygen atoms in total. The second kappa shape index (κ2) is 5.15. The fraction of sp³-hybridized carbons (Fsp3) is 0.643. The molecule has 0 saturated carbocycles. The van der Waals surface area contributed by atoms with Gasteiger partial charge >= 0.3 is 0 Å². The maximum absolute atomic E-state index is 12.2. The molecule has 2 aromatic heterocycles. The molecule has 4 rings (SSSR count). The second-order valence-electron chi connectivity index (χ2n) is 5.87. The Labute approximate surface area is 126 Å². The minimum Gasteiger partial charge on any atom is -0.315 e. The smallest absolute Gasteiger partial charge is 0.275 e. The summed E-state index contributed by atoms with van der Waals surface area (Å²) in [6.07, 6.45) is 2.09. The SMILES string of the molecule is CCc1nn2c(=O)cc(CN3CCC4CNCC43)nc2s1. The van der Waals surface area contributed by atoms with Crippen LogP contribution in [0.25, 0.3) is 4.96 Å². The first-order chi connectivity index (χ1) is 10.2. The van der Waals surface area contributed by atoms with E-state index in [-0.39, 0.29) is 5.56 Å². The monoisotopic (exact) mass is 305 g/mol. The molecule has 2 fully saturated rings. The molecule has 2 aliphatic heterocycles. The normalized spacial score (nSPS) is 25.8. The van der Waals surface area contributed by atoms with Crippen molar-refractivity contribution in [3.8, 4) is 0 Å². The van der Waals surface area contributed by atoms with Gasteiger partial charge in [-0.1, -0.05) is 18.3 Å². The molecule has 2 aliphatic rings. The largest absolute Gasteiger partial charge is 0.315 e. The minimum absolute atomic E-state index is 0.0637. The summed E-state index contributed by atoms with van der Waals surface area (Å²) in [6.45, 7) is 6.12. The van der Waals surface area contributed by atoms with Crippen LogP contribution in [-0.4, -0.2) is 45.2 Å². The van der Waals surface area contributed by atoms with Crippen molar-refractivity contribution in [2.75, 3.05) is 19.6 Å². The Morgan fingerprint density at radius 2 is 2.38 bits per heavy atom. The van der Waals surface area contributed by atoms with Crippen molar-refractivity contribution in [1.29, 1.82) is 0 Å². The van der Waals surface area contributed by atoms with Gasteiger partial charge in [0, 0.05) is 25.2 Å². The standard InChI is InChI=1S/C14H19N5OS/c1-2-12-17-19-13(20)5-10(16-14(19)21-12)8-18-4-3-9-6-15-7-11(9)18/h5,9,11,15H,2-4,6-8H2,1H3. The third kappa shape index (κ3) is 2.29. The number of hydrogen-bond donors (Lipinski definition) is 1. The van der Waals surface area contributed by atoms with Gasteiger partial charge in [0.1, 0.15) is 5.01 Å². The Kier molecular flexibility index (Phi) is 3.28. The van der Waals surface area contributed by atoms with E-state index < -0.39 is 0 Å². The van der Waals surface area contributed by atoms with Gasteiger partial charge in [0.05, 0.1) is 5.69 Å². The maximum atomic E-state index is 12.2. The van der Waals surface area contributed by atoms with Crippen LogP contribution < -0.4 is 10.9 Å². The molecule has 0 bridgehead atoms. The number of likely N-dealkylation sites (tertiary alicyclic amines) is 1. The third-order valence-corrected chi connectivity index (χ3v) is 5.62. The molecule has 0 spiro atoms. The van der Waals surface area contributed by atoms with Crippen LogP contribution in [0, 0.1) is 5.92 Å². The van der Waals surface area contributed by atoms with Crippen molar-refractivity contribution in [3.05, 3.63) is 27.1 Å². The Bertz CT molecular complexity index is 724. The van der Waals surface area contributed by atoms with Crippen molar-refractivity contribution in [2.24, 2.45) is 5.92 Å². The predicted molar refractivity (Wildman–Crippen MR) is 81.7 cm³/mol. The average molecular weight is 305 g/mol. The van der Waals surface area contributed by atoms with Crippen LogP contribution in [0.3, 0.4) is 0 Å². The first-order valence-electron chi connectivity index (χ1n) is 7.58. The lowest BCUT2D eigenvalue weighted by atomic mass is 10.1. The molecule has 112 valence electrons. The van der Waals surface area contributed by atoms with Gasteiger partial charge in [-0.2, -0.15) is 9.61 Å². The Hall–Kier alpha value is -1.31. The van der Waals surface area contributed by atoms with Crippen LogP contribution in [0.15, 0.2) is 10.9 Å². The summed E-state index contributed by atoms with van der Waals surface area (Å²) >= 11 is 1.51. The highest BCUT2D eigenvalue weighted by molar-refractivity contribution is 7.16. The summed E-state index contributed by atoms with van der Waals surface area (Å²) in [5, 5.41) is 8.71. The molecule has 0 radical (unpaired) electrons. The van der Waals surface area contributed by atoms with E-state index in [9.17, 15) is 4.79 Å². The van der Waals surface area contributed by atoms with Crippen LogP contribution >= 0.6 is 11.3 Å². The van der Waals surface area contributed by atoms with Crippen molar-refractivity contribution in [2.45, 2.75) is 32.4 Å². The Balaban J connectivity index is 1.63. The highest BCUT2D eigenvalue weighted by Crippen LogP contribution is 2.28. The topological polar surface area (TPSA) is 62.5 Å².